The van der Waals surface area contributed by atoms with Crippen molar-refractivity contribution >= 4 is 22.7 Å². The van der Waals surface area contributed by atoms with Gasteiger partial charge in [-0.05, 0) is 37.6 Å². The second-order valence-corrected chi connectivity index (χ2v) is 7.61. The third-order valence-electron chi connectivity index (χ3n) is 5.55. The molecule has 0 N–H and O–H groups in total. The molecule has 1 aliphatic rings. The molecule has 0 saturated carbocycles. The number of aromatic nitrogens is 1. The van der Waals surface area contributed by atoms with Crippen molar-refractivity contribution in [2.75, 3.05) is 31.6 Å². The van der Waals surface area contributed by atoms with E-state index in [0.717, 1.165) is 30.0 Å². The lowest BCUT2D eigenvalue weighted by Crippen LogP contribution is -2.46. The van der Waals surface area contributed by atoms with Crippen molar-refractivity contribution < 1.29 is 13.9 Å². The predicted molar refractivity (Wildman–Crippen MR) is 116 cm³/mol. The summed E-state index contributed by atoms with van der Waals surface area (Å²) >= 11 is 0. The van der Waals surface area contributed by atoms with Crippen molar-refractivity contribution in [2.45, 2.75) is 32.4 Å². The lowest BCUT2D eigenvalue weighted by atomic mass is 10.1. The zero-order valence-corrected chi connectivity index (χ0v) is 17.4. The number of benzene rings is 2. The van der Waals surface area contributed by atoms with Crippen LogP contribution in [0.15, 0.2) is 57.7 Å². The number of anilines is 1. The number of para-hydroxylation sites is 4. The van der Waals surface area contributed by atoms with E-state index in [9.17, 15) is 9.59 Å². The number of hydrogen-bond acceptors (Lipinski definition) is 5. The molecule has 1 aromatic heterocycles. The smallest absolute Gasteiger partial charge is 0.419 e. The first-order valence-electron chi connectivity index (χ1n) is 10.4. The van der Waals surface area contributed by atoms with Crippen LogP contribution in [0.4, 0.5) is 5.69 Å². The van der Waals surface area contributed by atoms with Gasteiger partial charge in [0, 0.05) is 26.6 Å². The van der Waals surface area contributed by atoms with Crippen molar-refractivity contribution in [1.29, 1.82) is 0 Å². The molecule has 2 heterocycles. The summed E-state index contributed by atoms with van der Waals surface area (Å²) in [6, 6.07) is 15.3. The third kappa shape index (κ3) is 4.06. The van der Waals surface area contributed by atoms with Gasteiger partial charge in [-0.1, -0.05) is 24.3 Å². The van der Waals surface area contributed by atoms with E-state index in [-0.39, 0.29) is 17.8 Å². The number of likely N-dealkylation sites (N-methyl/N-ethyl adjacent to an activating group) is 2. The molecule has 0 fully saturated rings. The topological polar surface area (TPSA) is 67.9 Å². The van der Waals surface area contributed by atoms with E-state index in [1.807, 2.05) is 43.4 Å². The Labute approximate surface area is 175 Å². The average Bonchev–Trinajstić information content (AvgIpc) is 3.08. The van der Waals surface area contributed by atoms with Gasteiger partial charge in [-0.2, -0.15) is 0 Å². The quantitative estimate of drug-likeness (QED) is 0.600. The Morgan fingerprint density at radius 1 is 1.17 bits per heavy atom. The molecule has 3 aromatic rings. The molecule has 0 aliphatic carbocycles. The van der Waals surface area contributed by atoms with Crippen LogP contribution in [0.3, 0.4) is 0 Å². The van der Waals surface area contributed by atoms with E-state index >= 15 is 0 Å². The molecule has 1 amide bonds. The number of oxazole rings is 1. The van der Waals surface area contributed by atoms with Crippen LogP contribution in [0.1, 0.15) is 19.8 Å². The first-order chi connectivity index (χ1) is 14.6. The Bertz CT molecular complexity index is 1090. The summed E-state index contributed by atoms with van der Waals surface area (Å²) in [7, 11) is 1.81. The van der Waals surface area contributed by atoms with Gasteiger partial charge < -0.3 is 19.0 Å². The van der Waals surface area contributed by atoms with Crippen molar-refractivity contribution in [3.8, 4) is 5.75 Å². The van der Waals surface area contributed by atoms with Crippen LogP contribution in [0.5, 0.6) is 5.75 Å². The first-order valence-corrected chi connectivity index (χ1v) is 10.4. The van der Waals surface area contributed by atoms with Gasteiger partial charge >= 0.3 is 5.76 Å². The minimum absolute atomic E-state index is 0.0429. The lowest BCUT2D eigenvalue weighted by Gasteiger charge is -2.37. The van der Waals surface area contributed by atoms with Crippen molar-refractivity contribution in [3.63, 3.8) is 0 Å². The summed E-state index contributed by atoms with van der Waals surface area (Å²) in [4.78, 5) is 28.7. The molecule has 0 bridgehead atoms. The van der Waals surface area contributed by atoms with Crippen LogP contribution >= 0.6 is 0 Å². The Morgan fingerprint density at radius 2 is 1.93 bits per heavy atom. The van der Waals surface area contributed by atoms with Gasteiger partial charge in [0.25, 0.3) is 0 Å². The van der Waals surface area contributed by atoms with E-state index in [0.29, 0.717) is 31.5 Å². The summed E-state index contributed by atoms with van der Waals surface area (Å²) in [6.45, 7) is 4.74. The maximum absolute atomic E-state index is 12.6. The fraction of sp³-hybridized carbons (Fsp3) is 0.391. The average molecular weight is 409 g/mol. The number of hydrogen-bond donors (Lipinski definition) is 0. The Balaban J connectivity index is 1.32. The molecular formula is C23H27N3O4. The van der Waals surface area contributed by atoms with E-state index < -0.39 is 0 Å². The molecule has 7 nitrogen and oxygen atoms in total. The monoisotopic (exact) mass is 409 g/mol. The summed E-state index contributed by atoms with van der Waals surface area (Å²) in [5, 5.41) is 0. The highest BCUT2D eigenvalue weighted by atomic mass is 16.5. The SMILES string of the molecule is CCN1C[C@H](CN(C)C(=O)CCCn2c(=O)oc3ccccc32)Oc2ccccc21. The highest BCUT2D eigenvalue weighted by Crippen LogP contribution is 2.32. The van der Waals surface area contributed by atoms with Gasteiger partial charge in [-0.25, -0.2) is 4.79 Å². The number of fused-ring (bicyclic) bond motifs is 2. The molecule has 1 atom stereocenters. The predicted octanol–water partition coefficient (Wildman–Crippen LogP) is 3.12. The van der Waals surface area contributed by atoms with Crippen LogP contribution in [0.25, 0.3) is 11.1 Å². The molecular weight excluding hydrogens is 382 g/mol. The number of carbonyl (C=O) groups excluding carboxylic acids is 1. The molecule has 7 heteroatoms. The fourth-order valence-corrected chi connectivity index (χ4v) is 3.99. The van der Waals surface area contributed by atoms with Gasteiger partial charge in [0.15, 0.2) is 5.58 Å². The highest BCUT2D eigenvalue weighted by molar-refractivity contribution is 5.76. The second kappa shape index (κ2) is 8.65. The largest absolute Gasteiger partial charge is 0.485 e. The minimum Gasteiger partial charge on any atom is -0.485 e. The van der Waals surface area contributed by atoms with Gasteiger partial charge in [0.05, 0.1) is 24.3 Å². The molecule has 0 unspecified atom stereocenters. The Kier molecular flexibility index (Phi) is 5.79. The molecule has 2 aromatic carbocycles. The van der Waals surface area contributed by atoms with E-state index in [1.165, 1.54) is 0 Å². The molecule has 1 aliphatic heterocycles. The lowest BCUT2D eigenvalue weighted by molar-refractivity contribution is -0.131. The van der Waals surface area contributed by atoms with E-state index in [4.69, 9.17) is 9.15 Å². The number of ether oxygens (including phenoxy) is 1. The maximum Gasteiger partial charge on any atom is 0.419 e. The maximum atomic E-state index is 12.6. The van der Waals surface area contributed by atoms with Crippen molar-refractivity contribution in [2.24, 2.45) is 0 Å². The fourth-order valence-electron chi connectivity index (χ4n) is 3.99. The highest BCUT2D eigenvalue weighted by Gasteiger charge is 2.26. The van der Waals surface area contributed by atoms with Gasteiger partial charge in [-0.15, -0.1) is 0 Å². The first kappa shape index (κ1) is 20.1. The van der Waals surface area contributed by atoms with E-state index in [1.54, 1.807) is 15.5 Å². The summed E-state index contributed by atoms with van der Waals surface area (Å²) in [5.74, 6) is 0.523. The summed E-state index contributed by atoms with van der Waals surface area (Å²) in [6.07, 6.45) is 0.861. The normalized spacial score (nSPS) is 15.7. The zero-order chi connectivity index (χ0) is 21.1. The van der Waals surface area contributed by atoms with Crippen molar-refractivity contribution in [1.82, 2.24) is 9.47 Å². The zero-order valence-electron chi connectivity index (χ0n) is 17.4. The Hall–Kier alpha value is -3.22. The summed E-state index contributed by atoms with van der Waals surface area (Å²) < 4.78 is 12.9. The van der Waals surface area contributed by atoms with Crippen LogP contribution < -0.4 is 15.4 Å². The number of carbonyl (C=O) groups is 1. The van der Waals surface area contributed by atoms with Crippen molar-refractivity contribution in [3.05, 3.63) is 59.1 Å². The summed E-state index contributed by atoms with van der Waals surface area (Å²) in [5.41, 5.74) is 2.43. The molecule has 0 radical (unpaired) electrons. The van der Waals surface area contributed by atoms with Crippen LogP contribution in [0, 0.1) is 0 Å². The molecule has 0 spiro atoms. The molecule has 158 valence electrons. The minimum atomic E-state index is -0.383. The van der Waals surface area contributed by atoms with Crippen LogP contribution in [-0.4, -0.2) is 48.2 Å². The molecule has 4 rings (SSSR count). The number of nitrogens with zero attached hydrogens (tertiary/aromatic N) is 3. The number of aryl methyl sites for hydroxylation is 1. The Morgan fingerprint density at radius 3 is 2.77 bits per heavy atom. The van der Waals surface area contributed by atoms with E-state index in [2.05, 4.69) is 17.9 Å². The second-order valence-electron chi connectivity index (χ2n) is 7.61. The number of amides is 1. The van der Waals surface area contributed by atoms with Gasteiger partial charge in [-0.3, -0.25) is 9.36 Å². The number of rotatable bonds is 7. The molecule has 0 saturated heterocycles. The van der Waals surface area contributed by atoms with Crippen LogP contribution in [0.2, 0.25) is 0 Å². The standard InChI is InChI=1S/C23H27N3O4/c1-3-25-16-17(29-20-11-6-4-9-18(20)25)15-24(2)22(27)13-8-14-26-19-10-5-7-12-21(19)30-23(26)28/h4-7,9-12,17H,3,8,13-16H2,1-2H3/t17-/m0/s1. The van der Waals surface area contributed by atoms with Gasteiger partial charge in [0.2, 0.25) is 5.91 Å². The van der Waals surface area contributed by atoms with Crippen LogP contribution in [-0.2, 0) is 11.3 Å². The molecule has 30 heavy (non-hydrogen) atoms. The van der Waals surface area contributed by atoms with Gasteiger partial charge in [0.1, 0.15) is 11.9 Å². The third-order valence-corrected chi connectivity index (χ3v) is 5.55.